The van der Waals surface area contributed by atoms with Crippen LogP contribution in [0.1, 0.15) is 58.3 Å². The number of nitrogens with zero attached hydrogens (tertiary/aromatic N) is 1. The minimum Gasteiger partial charge on any atom is -0.375 e. The van der Waals surface area contributed by atoms with Gasteiger partial charge in [-0.2, -0.15) is 0 Å². The Morgan fingerprint density at radius 3 is 3.06 bits per heavy atom. The number of hydrogen-bond donors (Lipinski definition) is 2. The molecule has 3 unspecified atom stereocenters. The van der Waals surface area contributed by atoms with Crippen molar-refractivity contribution in [3.8, 4) is 0 Å². The van der Waals surface area contributed by atoms with Gasteiger partial charge in [0, 0.05) is 25.0 Å². The number of nitrogens with one attached hydrogen (secondary N) is 2. The van der Waals surface area contributed by atoms with Crippen molar-refractivity contribution in [2.24, 2.45) is 0 Å². The van der Waals surface area contributed by atoms with Gasteiger partial charge in [-0.3, -0.25) is 0 Å². The minimum absolute atomic E-state index is 0.0391. The number of H-pyrrole nitrogens is 1. The van der Waals surface area contributed by atoms with Crippen LogP contribution in [0.4, 0.5) is 0 Å². The van der Waals surface area contributed by atoms with E-state index in [0.717, 1.165) is 38.1 Å². The maximum atomic E-state index is 5.89. The maximum absolute atomic E-state index is 5.89. The van der Waals surface area contributed by atoms with Gasteiger partial charge in [0.15, 0.2) is 0 Å². The molecule has 1 aromatic heterocycles. The van der Waals surface area contributed by atoms with Gasteiger partial charge in [0.2, 0.25) is 0 Å². The minimum atomic E-state index is 0.0391. The molecule has 4 heteroatoms. The molecular formula is C14H25N3O. The Morgan fingerprint density at radius 1 is 1.61 bits per heavy atom. The normalized spacial score (nSPS) is 30.3. The lowest BCUT2D eigenvalue weighted by Gasteiger charge is -2.39. The third-order valence-electron chi connectivity index (χ3n) is 4.04. The molecule has 0 spiro atoms. The second kappa shape index (κ2) is 5.85. The van der Waals surface area contributed by atoms with Crippen LogP contribution in [0.5, 0.6) is 0 Å². The third-order valence-corrected chi connectivity index (χ3v) is 4.04. The quantitative estimate of drug-likeness (QED) is 0.846. The van der Waals surface area contributed by atoms with Gasteiger partial charge in [-0.05, 0) is 32.6 Å². The zero-order chi connectivity index (χ0) is 13.0. The molecule has 0 saturated carbocycles. The lowest BCUT2D eigenvalue weighted by Crippen LogP contribution is -2.46. The zero-order valence-electron chi connectivity index (χ0n) is 11.7. The summed E-state index contributed by atoms with van der Waals surface area (Å²) in [5.74, 6) is 1.04. The highest BCUT2D eigenvalue weighted by Crippen LogP contribution is 2.29. The molecule has 0 aliphatic carbocycles. The summed E-state index contributed by atoms with van der Waals surface area (Å²) < 4.78 is 5.89. The molecule has 0 radical (unpaired) electrons. The van der Waals surface area contributed by atoms with Crippen LogP contribution in [0.15, 0.2) is 12.4 Å². The molecule has 2 heterocycles. The van der Waals surface area contributed by atoms with Gasteiger partial charge in [0.1, 0.15) is 5.82 Å². The summed E-state index contributed by atoms with van der Waals surface area (Å²) in [5, 5.41) is 3.72. The third kappa shape index (κ3) is 3.12. The number of imidazole rings is 1. The molecule has 1 fully saturated rings. The Morgan fingerprint density at radius 2 is 2.44 bits per heavy atom. The van der Waals surface area contributed by atoms with Crippen molar-refractivity contribution >= 4 is 0 Å². The molecule has 1 aromatic rings. The summed E-state index contributed by atoms with van der Waals surface area (Å²) in [6.07, 6.45) is 8.00. The lowest BCUT2D eigenvalue weighted by atomic mass is 9.89. The second-order valence-corrected chi connectivity index (χ2v) is 5.44. The van der Waals surface area contributed by atoms with Gasteiger partial charge >= 0.3 is 0 Å². The van der Waals surface area contributed by atoms with Gasteiger partial charge in [-0.25, -0.2) is 4.98 Å². The van der Waals surface area contributed by atoms with Crippen LogP contribution in [-0.2, 0) is 4.74 Å². The van der Waals surface area contributed by atoms with Crippen LogP contribution in [-0.4, -0.2) is 28.2 Å². The predicted molar refractivity (Wildman–Crippen MR) is 72.4 cm³/mol. The van der Waals surface area contributed by atoms with E-state index < -0.39 is 0 Å². The van der Waals surface area contributed by atoms with Crippen LogP contribution in [0.25, 0.3) is 0 Å². The summed E-state index contributed by atoms with van der Waals surface area (Å²) >= 11 is 0. The maximum Gasteiger partial charge on any atom is 0.123 e. The van der Waals surface area contributed by atoms with Gasteiger partial charge in [-0.15, -0.1) is 0 Å². The molecule has 18 heavy (non-hydrogen) atoms. The molecule has 4 nitrogen and oxygen atoms in total. The molecule has 1 aliphatic rings. The summed E-state index contributed by atoms with van der Waals surface area (Å²) in [7, 11) is 0. The van der Waals surface area contributed by atoms with Crippen molar-refractivity contribution in [3.63, 3.8) is 0 Å². The zero-order valence-corrected chi connectivity index (χ0v) is 11.7. The Labute approximate surface area is 110 Å². The fraction of sp³-hybridized carbons (Fsp3) is 0.786. The van der Waals surface area contributed by atoms with Crippen molar-refractivity contribution in [2.75, 3.05) is 6.61 Å². The van der Waals surface area contributed by atoms with Gasteiger partial charge in [0.05, 0.1) is 11.6 Å². The molecule has 0 amide bonds. The van der Waals surface area contributed by atoms with Crippen LogP contribution < -0.4 is 5.32 Å². The molecule has 3 atom stereocenters. The molecule has 0 bridgehead atoms. The summed E-state index contributed by atoms with van der Waals surface area (Å²) in [4.78, 5) is 7.57. The average Bonchev–Trinajstić information content (AvgIpc) is 2.90. The van der Waals surface area contributed by atoms with Crippen LogP contribution in [0.2, 0.25) is 0 Å². The molecule has 1 saturated heterocycles. The highest BCUT2D eigenvalue weighted by atomic mass is 16.5. The molecule has 1 aliphatic heterocycles. The van der Waals surface area contributed by atoms with Crippen LogP contribution >= 0.6 is 0 Å². The van der Waals surface area contributed by atoms with E-state index in [1.165, 1.54) is 0 Å². The van der Waals surface area contributed by atoms with Gasteiger partial charge < -0.3 is 15.0 Å². The average molecular weight is 251 g/mol. The van der Waals surface area contributed by atoms with E-state index in [4.69, 9.17) is 4.74 Å². The standard InChI is InChI=1S/C14H25N3O/c1-4-12(13-15-7-8-16-13)17-11-6-9-18-14(3,5-2)10-11/h7-8,11-12,17H,4-6,9-10H2,1-3H3,(H,15,16). The van der Waals surface area contributed by atoms with E-state index in [9.17, 15) is 0 Å². The van der Waals surface area contributed by atoms with Crippen molar-refractivity contribution < 1.29 is 4.74 Å². The lowest BCUT2D eigenvalue weighted by molar-refractivity contribution is -0.0793. The first-order valence-corrected chi connectivity index (χ1v) is 7.06. The smallest absolute Gasteiger partial charge is 0.123 e. The van der Waals surface area contributed by atoms with Crippen LogP contribution in [0, 0.1) is 0 Å². The number of aromatic amines is 1. The van der Waals surface area contributed by atoms with E-state index in [1.807, 2.05) is 12.4 Å². The summed E-state index contributed by atoms with van der Waals surface area (Å²) in [6, 6.07) is 0.850. The van der Waals surface area contributed by atoms with Crippen molar-refractivity contribution in [1.82, 2.24) is 15.3 Å². The Balaban J connectivity index is 1.95. The first-order valence-electron chi connectivity index (χ1n) is 7.06. The summed E-state index contributed by atoms with van der Waals surface area (Å²) in [5.41, 5.74) is 0.0391. The number of rotatable bonds is 5. The van der Waals surface area contributed by atoms with E-state index in [0.29, 0.717) is 12.1 Å². The largest absolute Gasteiger partial charge is 0.375 e. The summed E-state index contributed by atoms with van der Waals surface area (Å²) in [6.45, 7) is 7.47. The van der Waals surface area contributed by atoms with Crippen molar-refractivity contribution in [2.45, 2.75) is 64.1 Å². The highest BCUT2D eigenvalue weighted by Gasteiger charge is 2.32. The molecule has 0 aromatic carbocycles. The molecule has 2 rings (SSSR count). The first kappa shape index (κ1) is 13.6. The van der Waals surface area contributed by atoms with Crippen molar-refractivity contribution in [1.29, 1.82) is 0 Å². The Kier molecular flexibility index (Phi) is 4.40. The fourth-order valence-electron chi connectivity index (χ4n) is 2.66. The van der Waals surface area contributed by atoms with E-state index in [-0.39, 0.29) is 5.60 Å². The van der Waals surface area contributed by atoms with Crippen LogP contribution in [0.3, 0.4) is 0 Å². The molecular weight excluding hydrogens is 226 g/mol. The van der Waals surface area contributed by atoms with E-state index in [2.05, 4.69) is 36.1 Å². The second-order valence-electron chi connectivity index (χ2n) is 5.44. The van der Waals surface area contributed by atoms with E-state index >= 15 is 0 Å². The predicted octanol–water partition coefficient (Wildman–Crippen LogP) is 2.80. The number of aromatic nitrogens is 2. The number of ether oxygens (including phenoxy) is 1. The molecule has 102 valence electrons. The van der Waals surface area contributed by atoms with Gasteiger partial charge in [0.25, 0.3) is 0 Å². The van der Waals surface area contributed by atoms with Gasteiger partial charge in [-0.1, -0.05) is 13.8 Å². The highest BCUT2D eigenvalue weighted by molar-refractivity contribution is 4.97. The fourth-order valence-corrected chi connectivity index (χ4v) is 2.66. The van der Waals surface area contributed by atoms with E-state index in [1.54, 1.807) is 0 Å². The first-order chi connectivity index (χ1) is 8.67. The van der Waals surface area contributed by atoms with Crippen molar-refractivity contribution in [3.05, 3.63) is 18.2 Å². The Hall–Kier alpha value is -0.870. The SMILES string of the molecule is CCC(NC1CCOC(C)(CC)C1)c1ncc[nH]1. The topological polar surface area (TPSA) is 49.9 Å². The molecule has 2 N–H and O–H groups in total. The Bertz CT molecular complexity index is 352. The number of hydrogen-bond acceptors (Lipinski definition) is 3. The monoisotopic (exact) mass is 251 g/mol.